The van der Waals surface area contributed by atoms with Gasteiger partial charge in [-0.15, -0.1) is 0 Å². The van der Waals surface area contributed by atoms with E-state index in [1.54, 1.807) is 0 Å². The summed E-state index contributed by atoms with van der Waals surface area (Å²) in [7, 11) is 0. The van der Waals surface area contributed by atoms with Crippen molar-refractivity contribution in [2.75, 3.05) is 13.2 Å². The van der Waals surface area contributed by atoms with Crippen molar-refractivity contribution in [3.63, 3.8) is 0 Å². The van der Waals surface area contributed by atoms with Crippen LogP contribution in [0.2, 0.25) is 0 Å². The van der Waals surface area contributed by atoms with Crippen LogP contribution in [0.1, 0.15) is 277 Å². The summed E-state index contributed by atoms with van der Waals surface area (Å²) in [5, 5.41) is 76.0. The van der Waals surface area contributed by atoms with Crippen LogP contribution in [0, 0.1) is 0 Å². The van der Waals surface area contributed by atoms with E-state index in [2.05, 4.69) is 31.3 Å². The van der Waals surface area contributed by atoms with E-state index in [9.17, 15) is 40.5 Å². The summed E-state index contributed by atoms with van der Waals surface area (Å²) in [6.45, 7) is 3.47. The number of rotatable bonds is 50. The largest absolute Gasteiger partial charge is 0.394 e. The van der Waals surface area contributed by atoms with Crippen LogP contribution in [0.15, 0.2) is 12.2 Å². The Bertz CT molecular complexity index is 1110. The molecule has 0 aromatic rings. The summed E-state index contributed by atoms with van der Waals surface area (Å²) in [5.41, 5.74) is 0. The van der Waals surface area contributed by atoms with Gasteiger partial charge in [0, 0.05) is 0 Å². The predicted molar refractivity (Wildman–Crippen MR) is 279 cm³/mol. The molecule has 1 saturated heterocycles. The molecule has 0 aliphatic carbocycles. The summed E-state index contributed by atoms with van der Waals surface area (Å²) >= 11 is 0. The Labute approximate surface area is 417 Å². The molecular formula is C57H111NO10. The van der Waals surface area contributed by atoms with Crippen LogP contribution in [0.3, 0.4) is 0 Å². The molecule has 0 aromatic carbocycles. The van der Waals surface area contributed by atoms with Gasteiger partial charge in [-0.2, -0.15) is 0 Å². The minimum absolute atomic E-state index is 0.259. The average Bonchev–Trinajstić information content (AvgIpc) is 3.34. The number of aliphatic hydroxyl groups excluding tert-OH is 7. The first-order valence-corrected chi connectivity index (χ1v) is 29.1. The lowest BCUT2D eigenvalue weighted by atomic mass is 9.98. The van der Waals surface area contributed by atoms with Gasteiger partial charge in [0.05, 0.1) is 25.4 Å². The molecular weight excluding hydrogens is 859 g/mol. The van der Waals surface area contributed by atoms with Gasteiger partial charge in [-0.1, -0.05) is 251 Å². The lowest BCUT2D eigenvalue weighted by Crippen LogP contribution is -2.60. The van der Waals surface area contributed by atoms with E-state index in [-0.39, 0.29) is 12.8 Å². The van der Waals surface area contributed by atoms with Gasteiger partial charge in [-0.25, -0.2) is 0 Å². The van der Waals surface area contributed by atoms with E-state index in [4.69, 9.17) is 9.47 Å². The van der Waals surface area contributed by atoms with Crippen LogP contribution >= 0.6 is 0 Å². The highest BCUT2D eigenvalue weighted by molar-refractivity contribution is 5.80. The van der Waals surface area contributed by atoms with E-state index < -0.39 is 74.2 Å². The van der Waals surface area contributed by atoms with E-state index in [1.807, 2.05) is 0 Å². The second-order valence-electron chi connectivity index (χ2n) is 20.7. The van der Waals surface area contributed by atoms with Gasteiger partial charge in [-0.3, -0.25) is 4.79 Å². The third-order valence-corrected chi connectivity index (χ3v) is 14.3. The Morgan fingerprint density at radius 1 is 0.500 bits per heavy atom. The lowest BCUT2D eigenvalue weighted by Gasteiger charge is -2.40. The van der Waals surface area contributed by atoms with Crippen molar-refractivity contribution in [3.05, 3.63) is 12.2 Å². The molecule has 1 fully saturated rings. The maximum absolute atomic E-state index is 13.1. The molecule has 1 aliphatic heterocycles. The normalized spacial score (nSPS) is 20.5. The number of unbranched alkanes of at least 4 members (excludes halogenated alkanes) is 36. The van der Waals surface area contributed by atoms with E-state index in [0.717, 1.165) is 38.5 Å². The fourth-order valence-corrected chi connectivity index (χ4v) is 9.56. The first-order chi connectivity index (χ1) is 33.2. The Balaban J connectivity index is 2.30. The summed E-state index contributed by atoms with van der Waals surface area (Å²) in [6, 6.07) is -1.18. The van der Waals surface area contributed by atoms with Gasteiger partial charge in [0.2, 0.25) is 5.91 Å². The standard InChI is InChI=1S/C57H111NO10/c1-3-5-7-9-11-13-15-17-19-20-21-22-23-24-25-26-27-28-29-31-32-34-36-38-40-42-44-49(60)52(62)48(47-67-57-55(65)54(64)53(63)51(46-59)68-57)58-56(66)50(61)45-43-41-39-37-35-33-30-18-16-14-12-10-8-6-4-2/h36,38,48-55,57,59-65H,3-35,37,39-47H2,1-2H3,(H,58,66)/b38-36+. The number of allylic oxidation sites excluding steroid dienone is 2. The SMILES string of the molecule is CCCCCCCCCCCCCCCCCCCCCCC/C=C/CCCC(O)C(O)C(COC1OC(CO)C(O)C(O)C1O)NC(=O)C(O)CCCCCCCCCCCCCCCCC. The fourth-order valence-electron chi connectivity index (χ4n) is 9.56. The van der Waals surface area contributed by atoms with Crippen molar-refractivity contribution >= 4 is 5.91 Å². The molecule has 9 atom stereocenters. The van der Waals surface area contributed by atoms with E-state index in [1.165, 1.54) is 199 Å². The van der Waals surface area contributed by atoms with Crippen molar-refractivity contribution in [1.29, 1.82) is 0 Å². The minimum Gasteiger partial charge on any atom is -0.394 e. The fraction of sp³-hybridized carbons (Fsp3) is 0.947. The molecule has 0 radical (unpaired) electrons. The molecule has 0 bridgehead atoms. The monoisotopic (exact) mass is 970 g/mol. The molecule has 9 unspecified atom stereocenters. The first-order valence-electron chi connectivity index (χ1n) is 29.1. The minimum atomic E-state index is -1.66. The Morgan fingerprint density at radius 2 is 0.868 bits per heavy atom. The van der Waals surface area contributed by atoms with Crippen LogP contribution in [0.5, 0.6) is 0 Å². The van der Waals surface area contributed by atoms with Crippen LogP contribution in [-0.2, 0) is 14.3 Å². The van der Waals surface area contributed by atoms with Gasteiger partial charge in [0.1, 0.15) is 36.6 Å². The molecule has 11 heteroatoms. The second-order valence-corrected chi connectivity index (χ2v) is 20.7. The maximum Gasteiger partial charge on any atom is 0.249 e. The summed E-state index contributed by atoms with van der Waals surface area (Å²) in [5.74, 6) is -0.702. The molecule has 1 amide bonds. The first kappa shape index (κ1) is 64.9. The lowest BCUT2D eigenvalue weighted by molar-refractivity contribution is -0.303. The number of aliphatic hydroxyl groups is 7. The van der Waals surface area contributed by atoms with Crippen LogP contribution in [-0.4, -0.2) is 110 Å². The van der Waals surface area contributed by atoms with Gasteiger partial charge < -0.3 is 50.5 Å². The Hall–Kier alpha value is -1.15. The quantitative estimate of drug-likeness (QED) is 0.0215. The van der Waals surface area contributed by atoms with Crippen LogP contribution < -0.4 is 5.32 Å². The predicted octanol–water partition coefficient (Wildman–Crippen LogP) is 12.0. The van der Waals surface area contributed by atoms with Gasteiger partial charge in [-0.05, 0) is 38.5 Å². The second kappa shape index (κ2) is 46.9. The van der Waals surface area contributed by atoms with Gasteiger partial charge in [0.15, 0.2) is 6.29 Å². The number of ether oxygens (including phenoxy) is 2. The van der Waals surface area contributed by atoms with Crippen molar-refractivity contribution < 1.29 is 50.0 Å². The summed E-state index contributed by atoms with van der Waals surface area (Å²) in [6.07, 6.45) is 42.8. The average molecular weight is 971 g/mol. The topological polar surface area (TPSA) is 189 Å². The molecule has 0 saturated carbocycles. The highest BCUT2D eigenvalue weighted by Crippen LogP contribution is 2.23. The van der Waals surface area contributed by atoms with Crippen LogP contribution in [0.4, 0.5) is 0 Å². The number of nitrogens with one attached hydrogen (secondary N) is 1. The Morgan fingerprint density at radius 3 is 1.26 bits per heavy atom. The zero-order valence-corrected chi connectivity index (χ0v) is 44.1. The summed E-state index contributed by atoms with van der Waals surface area (Å²) in [4.78, 5) is 13.1. The highest BCUT2D eigenvalue weighted by Gasteiger charge is 2.44. The molecule has 8 N–H and O–H groups in total. The molecule has 1 heterocycles. The van der Waals surface area contributed by atoms with Crippen molar-refractivity contribution in [3.8, 4) is 0 Å². The van der Waals surface area contributed by atoms with E-state index in [0.29, 0.717) is 12.8 Å². The molecule has 1 aliphatic rings. The molecule has 11 nitrogen and oxygen atoms in total. The smallest absolute Gasteiger partial charge is 0.249 e. The highest BCUT2D eigenvalue weighted by atomic mass is 16.7. The maximum atomic E-state index is 13.1. The van der Waals surface area contributed by atoms with Gasteiger partial charge in [0.25, 0.3) is 0 Å². The Kier molecular flexibility index (Phi) is 44.7. The molecule has 0 spiro atoms. The van der Waals surface area contributed by atoms with Crippen molar-refractivity contribution in [1.82, 2.24) is 5.32 Å². The summed E-state index contributed by atoms with van der Waals surface area (Å²) < 4.78 is 11.1. The number of hydrogen-bond donors (Lipinski definition) is 8. The molecule has 68 heavy (non-hydrogen) atoms. The number of hydrogen-bond acceptors (Lipinski definition) is 10. The number of amides is 1. The number of carbonyl (C=O) groups is 1. The molecule has 1 rings (SSSR count). The molecule has 404 valence electrons. The van der Waals surface area contributed by atoms with Gasteiger partial charge >= 0.3 is 0 Å². The zero-order chi connectivity index (χ0) is 49.7. The van der Waals surface area contributed by atoms with Crippen LogP contribution in [0.25, 0.3) is 0 Å². The third kappa shape index (κ3) is 35.1. The zero-order valence-electron chi connectivity index (χ0n) is 44.1. The van der Waals surface area contributed by atoms with Crippen molar-refractivity contribution in [2.24, 2.45) is 0 Å². The number of carbonyl (C=O) groups excluding carboxylic acids is 1. The van der Waals surface area contributed by atoms with E-state index >= 15 is 0 Å². The molecule has 0 aromatic heterocycles. The van der Waals surface area contributed by atoms with Crippen molar-refractivity contribution in [2.45, 2.75) is 332 Å². The third-order valence-electron chi connectivity index (χ3n) is 14.3.